The maximum atomic E-state index is 14.0. The summed E-state index contributed by atoms with van der Waals surface area (Å²) >= 11 is 5.36. The average molecular weight is 497 g/mol. The van der Waals surface area contributed by atoms with E-state index in [9.17, 15) is 14.3 Å². The van der Waals surface area contributed by atoms with Crippen LogP contribution >= 0.6 is 38.5 Å². The molecule has 0 saturated carbocycles. The number of carbonyl (C=O) groups is 1. The van der Waals surface area contributed by atoms with Crippen LogP contribution in [0.5, 0.6) is 0 Å². The van der Waals surface area contributed by atoms with Gasteiger partial charge in [0.15, 0.2) is 0 Å². The van der Waals surface area contributed by atoms with Crippen LogP contribution in [0.1, 0.15) is 16.1 Å². The minimum Gasteiger partial charge on any atom is -0.543 e. The van der Waals surface area contributed by atoms with Gasteiger partial charge in [0.05, 0.1) is 29.9 Å². The van der Waals surface area contributed by atoms with Gasteiger partial charge in [-0.2, -0.15) is 0 Å². The molecule has 0 amide bonds. The van der Waals surface area contributed by atoms with Crippen LogP contribution in [0.2, 0.25) is 0 Å². The first-order chi connectivity index (χ1) is 10.5. The van der Waals surface area contributed by atoms with Gasteiger partial charge in [0, 0.05) is 25.2 Å². The van der Waals surface area contributed by atoms with E-state index in [1.165, 1.54) is 16.7 Å². The molecule has 0 spiro atoms. The number of carbonyl (C=O) groups excluding carboxylic acids is 1. The number of aromatic carboxylic acids is 1. The summed E-state index contributed by atoms with van der Waals surface area (Å²) in [7, 11) is 0. The van der Waals surface area contributed by atoms with Gasteiger partial charge in [0.1, 0.15) is 5.82 Å². The molecule has 0 radical (unpaired) electrons. The molecule has 3 rings (SSSR count). The molecule has 0 aliphatic rings. The van der Waals surface area contributed by atoms with Crippen LogP contribution in [-0.4, -0.2) is 15.5 Å². The fourth-order valence-corrected chi connectivity index (χ4v) is 3.19. The fourth-order valence-electron chi connectivity index (χ4n) is 2.30. The Balaban J connectivity index is 0.00000192. The Morgan fingerprint density at radius 2 is 2.09 bits per heavy atom. The van der Waals surface area contributed by atoms with Gasteiger partial charge in [-0.25, -0.2) is 4.39 Å². The third-order valence-electron chi connectivity index (χ3n) is 3.33. The van der Waals surface area contributed by atoms with Gasteiger partial charge in [-0.1, -0.05) is 6.07 Å². The molecule has 8 heteroatoms. The van der Waals surface area contributed by atoms with Crippen LogP contribution in [0, 0.1) is 9.39 Å². The zero-order valence-electron chi connectivity index (χ0n) is 12.0. The van der Waals surface area contributed by atoms with Crippen LogP contribution in [0.25, 0.3) is 10.9 Å². The summed E-state index contributed by atoms with van der Waals surface area (Å²) in [6, 6.07) is 6.33. The van der Waals surface area contributed by atoms with Gasteiger partial charge in [0.2, 0.25) is 0 Å². The molecule has 0 atom stereocenters. The second-order valence-corrected chi connectivity index (χ2v) is 6.79. The topological polar surface area (TPSA) is 57.9 Å². The first-order valence-corrected chi connectivity index (χ1v) is 8.12. The number of hydrogen-bond donors (Lipinski definition) is 0. The smallest absolute Gasteiger partial charge is 0.543 e. The van der Waals surface area contributed by atoms with Crippen molar-refractivity contribution in [3.05, 3.63) is 61.8 Å². The summed E-state index contributed by atoms with van der Waals surface area (Å²) in [6.45, 7) is 0.0910. The maximum Gasteiger partial charge on any atom is 1.00 e. The number of pyridine rings is 1. The number of aromatic nitrogens is 2. The standard InChI is InChI=1S/C15H9BrFIN2O2.Na/c16-11-5-19-6-14-10(11)4-13(15(21)22)20(14)7-8-1-2-9(18)3-12(8)17;/h1-6H,7H2,(H,21,22);/q;+1/p-1. The van der Waals surface area contributed by atoms with Gasteiger partial charge in [-0.15, -0.1) is 0 Å². The minimum atomic E-state index is -1.31. The van der Waals surface area contributed by atoms with Crippen molar-refractivity contribution in [1.82, 2.24) is 9.55 Å². The Morgan fingerprint density at radius 1 is 1.35 bits per heavy atom. The third-order valence-corrected chi connectivity index (χ3v) is 4.64. The monoisotopic (exact) mass is 496 g/mol. The summed E-state index contributed by atoms with van der Waals surface area (Å²) in [4.78, 5) is 15.4. The maximum absolute atomic E-state index is 14.0. The van der Waals surface area contributed by atoms with Crippen molar-refractivity contribution < 1.29 is 43.8 Å². The molecule has 2 heterocycles. The Hall–Kier alpha value is -0.480. The van der Waals surface area contributed by atoms with Crippen LogP contribution in [-0.2, 0) is 6.54 Å². The molecule has 4 nitrogen and oxygen atoms in total. The van der Waals surface area contributed by atoms with Crippen LogP contribution < -0.4 is 34.7 Å². The Kier molecular flexibility index (Phi) is 6.23. The van der Waals surface area contributed by atoms with E-state index in [2.05, 4.69) is 20.9 Å². The first-order valence-electron chi connectivity index (χ1n) is 6.25. The van der Waals surface area contributed by atoms with Crippen molar-refractivity contribution in [2.45, 2.75) is 6.54 Å². The number of carboxylic acids is 1. The zero-order chi connectivity index (χ0) is 15.9. The molecule has 0 aliphatic carbocycles. The summed E-state index contributed by atoms with van der Waals surface area (Å²) in [5.41, 5.74) is 0.994. The molecule has 0 unspecified atom stereocenters. The number of benzene rings is 1. The van der Waals surface area contributed by atoms with Crippen LogP contribution in [0.15, 0.2) is 41.1 Å². The van der Waals surface area contributed by atoms with Gasteiger partial charge >= 0.3 is 29.6 Å². The quantitative estimate of drug-likeness (QED) is 0.378. The van der Waals surface area contributed by atoms with Gasteiger partial charge in [-0.3, -0.25) is 4.98 Å². The van der Waals surface area contributed by atoms with Crippen molar-refractivity contribution in [2.75, 3.05) is 0 Å². The van der Waals surface area contributed by atoms with Gasteiger partial charge < -0.3 is 14.5 Å². The van der Waals surface area contributed by atoms with Crippen molar-refractivity contribution in [2.24, 2.45) is 0 Å². The Labute approximate surface area is 175 Å². The van der Waals surface area contributed by atoms with Crippen LogP contribution in [0.3, 0.4) is 0 Å². The van der Waals surface area contributed by atoms with E-state index in [1.807, 2.05) is 22.6 Å². The first kappa shape index (κ1) is 18.9. The molecule has 0 saturated heterocycles. The number of fused-ring (bicyclic) bond motifs is 1. The van der Waals surface area contributed by atoms with E-state index < -0.39 is 5.97 Å². The molecular formula is C15H8BrFIN2NaO2. The Morgan fingerprint density at radius 3 is 2.74 bits per heavy atom. The van der Waals surface area contributed by atoms with E-state index in [1.54, 1.807) is 24.5 Å². The summed E-state index contributed by atoms with van der Waals surface area (Å²) in [5.74, 6) is -1.69. The second-order valence-electron chi connectivity index (χ2n) is 4.69. The number of carboxylic acid groups (broad SMARTS) is 1. The predicted molar refractivity (Wildman–Crippen MR) is 90.0 cm³/mol. The summed E-state index contributed by atoms with van der Waals surface area (Å²) in [5, 5.41) is 12.1. The molecule has 112 valence electrons. The molecule has 3 aromatic rings. The SMILES string of the molecule is O=C([O-])c1cc2c(Br)cncc2n1Cc1ccc(I)cc1F.[Na+]. The van der Waals surface area contributed by atoms with Gasteiger partial charge in [-0.05, 0) is 56.7 Å². The van der Waals surface area contributed by atoms with E-state index in [-0.39, 0.29) is 47.6 Å². The van der Waals surface area contributed by atoms with E-state index >= 15 is 0 Å². The van der Waals surface area contributed by atoms with E-state index in [0.717, 1.165) is 3.57 Å². The summed E-state index contributed by atoms with van der Waals surface area (Å²) in [6.07, 6.45) is 3.13. The number of halogens is 3. The van der Waals surface area contributed by atoms with Crippen molar-refractivity contribution in [3.63, 3.8) is 0 Å². The molecule has 2 aromatic heterocycles. The molecule has 0 bridgehead atoms. The number of hydrogen-bond acceptors (Lipinski definition) is 3. The molecule has 0 fully saturated rings. The normalized spacial score (nSPS) is 10.6. The molecule has 0 aliphatic heterocycles. The average Bonchev–Trinajstić information content (AvgIpc) is 2.82. The fraction of sp³-hybridized carbons (Fsp3) is 0.0667. The van der Waals surface area contributed by atoms with E-state index in [4.69, 9.17) is 0 Å². The zero-order valence-corrected chi connectivity index (χ0v) is 17.8. The van der Waals surface area contributed by atoms with Crippen LogP contribution in [0.4, 0.5) is 4.39 Å². The molecule has 1 aromatic carbocycles. The second kappa shape index (κ2) is 7.60. The molecule has 0 N–H and O–H groups in total. The van der Waals surface area contributed by atoms with E-state index in [0.29, 0.717) is 20.9 Å². The van der Waals surface area contributed by atoms with Crippen molar-refractivity contribution >= 4 is 55.4 Å². The van der Waals surface area contributed by atoms with Crippen molar-refractivity contribution in [3.8, 4) is 0 Å². The third kappa shape index (κ3) is 3.79. The predicted octanol–water partition coefficient (Wildman–Crippen LogP) is -0.0417. The van der Waals surface area contributed by atoms with Crippen molar-refractivity contribution in [1.29, 1.82) is 0 Å². The largest absolute Gasteiger partial charge is 1.00 e. The number of rotatable bonds is 3. The number of nitrogens with zero attached hydrogens (tertiary/aromatic N) is 2. The Bertz CT molecular complexity index is 901. The summed E-state index contributed by atoms with van der Waals surface area (Å²) < 4.78 is 17.0. The minimum absolute atomic E-state index is 0. The van der Waals surface area contributed by atoms with Gasteiger partial charge in [0.25, 0.3) is 0 Å². The molecule has 23 heavy (non-hydrogen) atoms. The molecular weight excluding hydrogens is 489 g/mol.